The first kappa shape index (κ1) is 32.7. The number of hydrogen-bond acceptors (Lipinski definition) is 8. The van der Waals surface area contributed by atoms with E-state index in [9.17, 15) is 32.7 Å². The Bertz CT molecular complexity index is 1750. The van der Waals surface area contributed by atoms with Crippen LogP contribution in [0.1, 0.15) is 51.6 Å². The van der Waals surface area contributed by atoms with Crippen LogP contribution in [-0.2, 0) is 22.6 Å². The molecule has 1 aliphatic rings. The van der Waals surface area contributed by atoms with Gasteiger partial charge in [-0.05, 0) is 39.2 Å². The van der Waals surface area contributed by atoms with Crippen molar-refractivity contribution in [3.63, 3.8) is 0 Å². The summed E-state index contributed by atoms with van der Waals surface area (Å²) in [5.41, 5.74) is -0.240. The minimum absolute atomic E-state index is 0.0532. The van der Waals surface area contributed by atoms with E-state index in [-0.39, 0.29) is 44.7 Å². The van der Waals surface area contributed by atoms with E-state index in [1.807, 2.05) is 24.3 Å². The molecular weight excluding hydrogens is 609 g/mol. The summed E-state index contributed by atoms with van der Waals surface area (Å²) >= 11 is 0. The Morgan fingerprint density at radius 2 is 1.83 bits per heavy atom. The van der Waals surface area contributed by atoms with Crippen LogP contribution >= 0.6 is 0 Å². The Kier molecular flexibility index (Phi) is 9.19. The van der Waals surface area contributed by atoms with Gasteiger partial charge in [0.25, 0.3) is 12.0 Å². The van der Waals surface area contributed by atoms with Crippen LogP contribution in [0, 0.1) is 5.95 Å². The fourth-order valence-electron chi connectivity index (χ4n) is 5.25. The summed E-state index contributed by atoms with van der Waals surface area (Å²) < 4.78 is 49.1. The maximum Gasteiger partial charge on any atom is 0.407 e. The van der Waals surface area contributed by atoms with Gasteiger partial charge in [0.1, 0.15) is 18.0 Å². The van der Waals surface area contributed by atoms with Crippen molar-refractivity contribution in [2.24, 2.45) is 0 Å². The van der Waals surface area contributed by atoms with Crippen molar-refractivity contribution >= 4 is 17.6 Å². The summed E-state index contributed by atoms with van der Waals surface area (Å²) in [6.07, 6.45) is 0.0503. The fraction of sp³-hybridized carbons (Fsp3) is 0.467. The molecule has 4 aromatic rings. The second-order valence-electron chi connectivity index (χ2n) is 12.3. The first-order valence-electron chi connectivity index (χ1n) is 14.7. The molecule has 1 fully saturated rings. The zero-order valence-electron chi connectivity index (χ0n) is 25.6. The SMILES string of the molecule is CC(C)(C)OC(=O)NCc1ccc(-c2cnc3c(=O)n(CC4(O)CCN(C(=O)CC(C(F)F)n5ccc(F)n5)CC4)cnn23)cc1. The van der Waals surface area contributed by atoms with Gasteiger partial charge in [-0.15, -0.1) is 5.10 Å². The van der Waals surface area contributed by atoms with Gasteiger partial charge in [-0.25, -0.2) is 23.1 Å². The number of ether oxygens (including phenoxy) is 1. The van der Waals surface area contributed by atoms with Crippen LogP contribution in [0.5, 0.6) is 0 Å². The number of rotatable bonds is 9. The highest BCUT2D eigenvalue weighted by Crippen LogP contribution is 2.27. The highest BCUT2D eigenvalue weighted by Gasteiger charge is 2.36. The lowest BCUT2D eigenvalue weighted by molar-refractivity contribution is -0.138. The van der Waals surface area contributed by atoms with E-state index in [0.29, 0.717) is 5.69 Å². The van der Waals surface area contributed by atoms with Gasteiger partial charge >= 0.3 is 6.09 Å². The van der Waals surface area contributed by atoms with Crippen molar-refractivity contribution in [1.82, 2.24) is 39.2 Å². The molecule has 0 radical (unpaired) electrons. The number of benzene rings is 1. The van der Waals surface area contributed by atoms with Gasteiger partial charge in [0.05, 0.1) is 30.5 Å². The third-order valence-electron chi connectivity index (χ3n) is 7.68. The summed E-state index contributed by atoms with van der Waals surface area (Å²) in [6, 6.07) is 6.60. The van der Waals surface area contributed by atoms with Gasteiger partial charge in [-0.3, -0.25) is 18.8 Å². The maximum absolute atomic E-state index is 13.6. The minimum atomic E-state index is -2.94. The smallest absolute Gasteiger partial charge is 0.407 e. The molecule has 16 heteroatoms. The number of imidazole rings is 1. The van der Waals surface area contributed by atoms with E-state index in [1.165, 1.54) is 26.5 Å². The molecule has 13 nitrogen and oxygen atoms in total. The number of nitrogens with zero attached hydrogens (tertiary/aromatic N) is 7. The molecule has 4 heterocycles. The lowest BCUT2D eigenvalue weighted by Gasteiger charge is -2.38. The molecule has 5 rings (SSSR count). The van der Waals surface area contributed by atoms with Crippen LogP contribution in [0.25, 0.3) is 16.9 Å². The molecule has 3 aromatic heterocycles. The summed E-state index contributed by atoms with van der Waals surface area (Å²) in [7, 11) is 0. The molecule has 0 aliphatic carbocycles. The Labute approximate surface area is 261 Å². The van der Waals surface area contributed by atoms with Crippen LogP contribution in [0.4, 0.5) is 18.0 Å². The Hall–Kier alpha value is -4.73. The van der Waals surface area contributed by atoms with Crippen LogP contribution in [0.15, 0.2) is 53.8 Å². The van der Waals surface area contributed by atoms with Crippen molar-refractivity contribution in [3.05, 3.63) is 70.9 Å². The van der Waals surface area contributed by atoms with E-state index >= 15 is 0 Å². The van der Waals surface area contributed by atoms with Crippen molar-refractivity contribution in [3.8, 4) is 11.3 Å². The summed E-state index contributed by atoms with van der Waals surface area (Å²) in [6.45, 7) is 5.67. The second-order valence-corrected chi connectivity index (χ2v) is 12.3. The van der Waals surface area contributed by atoms with Crippen LogP contribution in [-0.4, -0.2) is 81.7 Å². The van der Waals surface area contributed by atoms with Gasteiger partial charge in [-0.2, -0.15) is 9.49 Å². The first-order chi connectivity index (χ1) is 21.7. The van der Waals surface area contributed by atoms with Crippen molar-refractivity contribution in [2.45, 2.75) is 76.8 Å². The van der Waals surface area contributed by atoms with E-state index in [1.54, 1.807) is 20.8 Å². The molecule has 1 saturated heterocycles. The third-order valence-corrected chi connectivity index (χ3v) is 7.68. The average molecular weight is 645 g/mol. The average Bonchev–Trinajstić information content (AvgIpc) is 3.62. The van der Waals surface area contributed by atoms with Gasteiger partial charge in [0.15, 0.2) is 0 Å². The minimum Gasteiger partial charge on any atom is -0.444 e. The highest BCUT2D eigenvalue weighted by atomic mass is 19.3. The summed E-state index contributed by atoms with van der Waals surface area (Å²) in [5, 5.41) is 21.7. The second kappa shape index (κ2) is 12.9. The predicted molar refractivity (Wildman–Crippen MR) is 158 cm³/mol. The molecule has 46 heavy (non-hydrogen) atoms. The normalized spacial score (nSPS) is 15.7. The van der Waals surface area contributed by atoms with Gasteiger partial charge in [-0.1, -0.05) is 24.3 Å². The fourth-order valence-corrected chi connectivity index (χ4v) is 5.25. The number of nitrogens with one attached hydrogen (secondary N) is 1. The molecule has 1 unspecified atom stereocenters. The maximum atomic E-state index is 13.6. The molecule has 1 aromatic carbocycles. The number of alkyl carbamates (subject to hydrolysis) is 1. The van der Waals surface area contributed by atoms with Crippen molar-refractivity contribution < 1.29 is 32.6 Å². The molecule has 1 aliphatic heterocycles. The number of halogens is 3. The molecule has 2 amide bonds. The number of amides is 2. The number of fused-ring (bicyclic) bond motifs is 1. The van der Waals surface area contributed by atoms with Crippen molar-refractivity contribution in [1.29, 1.82) is 0 Å². The van der Waals surface area contributed by atoms with Gasteiger partial charge in [0.2, 0.25) is 17.5 Å². The van der Waals surface area contributed by atoms with E-state index in [2.05, 4.69) is 20.5 Å². The summed E-state index contributed by atoms with van der Waals surface area (Å²) in [5.74, 6) is -1.49. The summed E-state index contributed by atoms with van der Waals surface area (Å²) in [4.78, 5) is 43.6. The molecule has 246 valence electrons. The van der Waals surface area contributed by atoms with Gasteiger partial charge in [0, 0.05) is 37.5 Å². The van der Waals surface area contributed by atoms with E-state index in [4.69, 9.17) is 4.74 Å². The quantitative estimate of drug-likeness (QED) is 0.282. The number of carbonyl (C=O) groups is 2. The molecule has 1 atom stereocenters. The van der Waals surface area contributed by atoms with E-state index < -0.39 is 53.6 Å². The topological polar surface area (TPSA) is 149 Å². The first-order valence-corrected chi connectivity index (χ1v) is 14.7. The highest BCUT2D eigenvalue weighted by molar-refractivity contribution is 5.76. The number of aliphatic hydroxyl groups is 1. The van der Waals surface area contributed by atoms with Crippen LogP contribution < -0.4 is 10.9 Å². The number of aromatic nitrogens is 6. The number of hydrogen-bond donors (Lipinski definition) is 2. The Balaban J connectivity index is 1.20. The zero-order chi connectivity index (χ0) is 33.2. The molecular formula is C30H35F3N8O5. The zero-order valence-corrected chi connectivity index (χ0v) is 25.6. The molecule has 2 N–H and O–H groups in total. The van der Waals surface area contributed by atoms with Gasteiger partial charge < -0.3 is 20.1 Å². The Morgan fingerprint density at radius 3 is 2.43 bits per heavy atom. The standard InChI is InChI=1S/C30H35F3N8O5/c1-29(2,3)46-28(44)35-15-19-4-6-20(7-5-19)22-16-34-26-27(43)39(18-36-41(22)26)17-30(45)9-12-38(13-10-30)24(42)14-21(25(32)33)40-11-8-23(31)37-40/h4-8,11,16,18,21,25,45H,9-10,12-15,17H2,1-3H3,(H,35,44). The lowest BCUT2D eigenvalue weighted by atomic mass is 9.91. The number of likely N-dealkylation sites (tertiary alicyclic amines) is 1. The lowest BCUT2D eigenvalue weighted by Crippen LogP contribution is -2.50. The number of piperidine rings is 1. The monoisotopic (exact) mass is 644 g/mol. The molecule has 0 spiro atoms. The number of alkyl halides is 2. The van der Waals surface area contributed by atoms with Crippen LogP contribution in [0.2, 0.25) is 0 Å². The number of carbonyl (C=O) groups excluding carboxylic acids is 2. The third kappa shape index (κ3) is 7.55. The Morgan fingerprint density at radius 1 is 1.13 bits per heavy atom. The van der Waals surface area contributed by atoms with Crippen molar-refractivity contribution in [2.75, 3.05) is 13.1 Å². The largest absolute Gasteiger partial charge is 0.444 e. The van der Waals surface area contributed by atoms with E-state index in [0.717, 1.165) is 28.1 Å². The predicted octanol–water partition coefficient (Wildman–Crippen LogP) is 3.17. The molecule has 0 bridgehead atoms. The van der Waals surface area contributed by atoms with Crippen LogP contribution in [0.3, 0.4) is 0 Å². The molecule has 0 saturated carbocycles.